The zero-order chi connectivity index (χ0) is 20.9. The molecule has 0 saturated carbocycles. The zero-order valence-corrected chi connectivity index (χ0v) is 17.7. The largest absolute Gasteiger partial charge is 0.494 e. The van der Waals surface area contributed by atoms with Crippen molar-refractivity contribution >= 4 is 27.7 Å². The fourth-order valence-electron chi connectivity index (χ4n) is 3.18. The second-order valence-electron chi connectivity index (χ2n) is 6.83. The Labute approximate surface area is 178 Å². The Morgan fingerprint density at radius 3 is 2.59 bits per heavy atom. The van der Waals surface area contributed by atoms with Crippen LogP contribution < -0.4 is 16.0 Å². The molecule has 0 saturated heterocycles. The van der Waals surface area contributed by atoms with Gasteiger partial charge < -0.3 is 14.6 Å². The van der Waals surface area contributed by atoms with E-state index >= 15 is 0 Å². The van der Waals surface area contributed by atoms with Crippen LogP contribution in [0.4, 0.5) is 0 Å². The fourth-order valence-corrected chi connectivity index (χ4v) is 3.45. The molecule has 1 amide bonds. The van der Waals surface area contributed by atoms with Crippen LogP contribution in [0.15, 0.2) is 58.0 Å². The zero-order valence-electron chi connectivity index (χ0n) is 16.1. The van der Waals surface area contributed by atoms with E-state index in [2.05, 4.69) is 26.3 Å². The Morgan fingerprint density at radius 2 is 1.97 bits per heavy atom. The molecule has 1 aliphatic rings. The third-order valence-corrected chi connectivity index (χ3v) is 5.37. The second-order valence-corrected chi connectivity index (χ2v) is 7.74. The van der Waals surface area contributed by atoms with Crippen molar-refractivity contribution in [1.82, 2.24) is 5.43 Å². The van der Waals surface area contributed by atoms with Crippen molar-refractivity contribution in [1.29, 1.82) is 0 Å². The molecule has 8 heteroatoms. The summed E-state index contributed by atoms with van der Waals surface area (Å²) in [5.41, 5.74) is 2.78. The van der Waals surface area contributed by atoms with E-state index < -0.39 is 17.6 Å². The van der Waals surface area contributed by atoms with Crippen LogP contribution in [0.5, 0.6) is 5.75 Å². The summed E-state index contributed by atoms with van der Waals surface area (Å²) in [6, 6.07) is 15.0. The van der Waals surface area contributed by atoms with Crippen LogP contribution in [0.1, 0.15) is 24.5 Å². The summed E-state index contributed by atoms with van der Waals surface area (Å²) >= 11 is 3.42. The lowest BCUT2D eigenvalue weighted by atomic mass is 9.86. The van der Waals surface area contributed by atoms with Crippen molar-refractivity contribution in [3.05, 3.63) is 64.1 Å². The average Bonchev–Trinajstić information content (AvgIpc) is 3.07. The molecule has 0 radical (unpaired) electrons. The molecule has 154 valence electrons. The number of hydrogen-bond acceptors (Lipinski definition) is 6. The Balaban J connectivity index is 1.86. The number of carbonyl (C=O) groups is 1. The van der Waals surface area contributed by atoms with Gasteiger partial charge in [-0.25, -0.2) is 10.8 Å². The number of rotatable bonds is 8. The topological polar surface area (TPSA) is 106 Å². The Kier molecular flexibility index (Phi) is 6.89. The van der Waals surface area contributed by atoms with Crippen LogP contribution in [0.25, 0.3) is 0 Å². The summed E-state index contributed by atoms with van der Waals surface area (Å²) in [6.45, 7) is 2.35. The van der Waals surface area contributed by atoms with Gasteiger partial charge in [0.15, 0.2) is 5.54 Å². The number of hydrazine groups is 1. The predicted octanol–water partition coefficient (Wildman–Crippen LogP) is 2.35. The summed E-state index contributed by atoms with van der Waals surface area (Å²) in [7, 11) is 0. The van der Waals surface area contributed by atoms with Crippen LogP contribution in [0.3, 0.4) is 0 Å². The number of halogens is 1. The van der Waals surface area contributed by atoms with Crippen molar-refractivity contribution in [2.45, 2.75) is 31.4 Å². The quantitative estimate of drug-likeness (QED) is 0.242. The maximum absolute atomic E-state index is 12.7. The van der Waals surface area contributed by atoms with Gasteiger partial charge in [-0.05, 0) is 48.9 Å². The molecule has 1 aliphatic heterocycles. The minimum atomic E-state index is -1.16. The minimum absolute atomic E-state index is 0.0876. The van der Waals surface area contributed by atoms with E-state index in [9.17, 15) is 4.79 Å². The number of aliphatic hydroxyl groups is 1. The summed E-state index contributed by atoms with van der Waals surface area (Å²) < 4.78 is 12.5. The number of amides is 1. The van der Waals surface area contributed by atoms with Gasteiger partial charge in [-0.2, -0.15) is 0 Å². The van der Waals surface area contributed by atoms with Gasteiger partial charge in [-0.3, -0.25) is 10.2 Å². The van der Waals surface area contributed by atoms with Gasteiger partial charge in [-0.15, -0.1) is 0 Å². The Bertz CT molecular complexity index is 870. The molecule has 4 N–H and O–H groups in total. The first-order valence-corrected chi connectivity index (χ1v) is 10.1. The van der Waals surface area contributed by atoms with Gasteiger partial charge in [-0.1, -0.05) is 28.1 Å². The maximum Gasteiger partial charge on any atom is 0.266 e. The highest BCUT2D eigenvalue weighted by atomic mass is 79.9. The number of nitrogens with two attached hydrogens (primary N) is 1. The average molecular weight is 462 g/mol. The van der Waals surface area contributed by atoms with Crippen molar-refractivity contribution in [2.75, 3.05) is 13.2 Å². The number of aliphatic imine (C=N–C) groups is 1. The molecular weight excluding hydrogens is 438 g/mol. The molecule has 0 spiro atoms. The molecule has 0 bridgehead atoms. The van der Waals surface area contributed by atoms with Crippen LogP contribution in [0, 0.1) is 0 Å². The number of nitrogens with one attached hydrogen (secondary N) is 1. The van der Waals surface area contributed by atoms with Gasteiger partial charge in [0.1, 0.15) is 11.9 Å². The molecule has 3 rings (SSSR count). The molecule has 0 fully saturated rings. The molecule has 1 heterocycles. The van der Waals surface area contributed by atoms with Crippen molar-refractivity contribution < 1.29 is 19.4 Å². The number of hydrogen-bond donors (Lipinski definition) is 3. The number of benzene rings is 2. The van der Waals surface area contributed by atoms with Crippen LogP contribution >= 0.6 is 15.9 Å². The van der Waals surface area contributed by atoms with E-state index in [1.165, 1.54) is 0 Å². The normalized spacial score (nSPS) is 20.7. The molecule has 0 aliphatic carbocycles. The summed E-state index contributed by atoms with van der Waals surface area (Å²) in [6.07, 6.45) is 0.434. The van der Waals surface area contributed by atoms with Gasteiger partial charge in [0.25, 0.3) is 5.91 Å². The summed E-state index contributed by atoms with van der Waals surface area (Å²) in [4.78, 5) is 17.4. The summed E-state index contributed by atoms with van der Waals surface area (Å²) in [5.74, 6) is 6.15. The highest BCUT2D eigenvalue weighted by Gasteiger charge is 2.50. The third kappa shape index (κ3) is 4.77. The number of carbonyl (C=O) groups excluding carboxylic acids is 1. The molecule has 2 atom stereocenters. The molecule has 2 aromatic rings. The number of nitrogens with zero attached hydrogens (tertiary/aromatic N) is 1. The fraction of sp³-hybridized carbons (Fsp3) is 0.333. The Morgan fingerprint density at radius 1 is 1.28 bits per heavy atom. The lowest BCUT2D eigenvalue weighted by molar-refractivity contribution is -0.128. The first kappa shape index (κ1) is 21.3. The van der Waals surface area contributed by atoms with Crippen LogP contribution in [-0.2, 0) is 16.0 Å². The van der Waals surface area contributed by atoms with E-state index in [1.54, 1.807) is 12.1 Å². The number of aliphatic hydroxyl groups excluding tert-OH is 1. The highest BCUT2D eigenvalue weighted by molar-refractivity contribution is 9.10. The molecule has 2 aromatic carbocycles. The SMILES string of the molecule is C[C@@H]1OC(c2ccc(OCCCO)cc2)=N[C@]1(Cc1ccc(Br)cc1)C(=O)NN. The molecule has 29 heavy (non-hydrogen) atoms. The van der Waals surface area contributed by atoms with Crippen molar-refractivity contribution in [2.24, 2.45) is 10.8 Å². The van der Waals surface area contributed by atoms with E-state index in [-0.39, 0.29) is 6.61 Å². The monoisotopic (exact) mass is 461 g/mol. The molecule has 0 aromatic heterocycles. The van der Waals surface area contributed by atoms with Gasteiger partial charge in [0.2, 0.25) is 5.90 Å². The van der Waals surface area contributed by atoms with E-state index in [4.69, 9.17) is 20.4 Å². The van der Waals surface area contributed by atoms with Gasteiger partial charge >= 0.3 is 0 Å². The lowest BCUT2D eigenvalue weighted by Gasteiger charge is -2.27. The van der Waals surface area contributed by atoms with Gasteiger partial charge in [0.05, 0.1) is 6.61 Å². The third-order valence-electron chi connectivity index (χ3n) is 4.85. The number of ether oxygens (including phenoxy) is 2. The Hall–Kier alpha value is -2.42. The van der Waals surface area contributed by atoms with Crippen molar-refractivity contribution in [3.8, 4) is 5.75 Å². The molecule has 0 unspecified atom stereocenters. The lowest BCUT2D eigenvalue weighted by Crippen LogP contribution is -2.54. The predicted molar refractivity (Wildman–Crippen MR) is 114 cm³/mol. The van der Waals surface area contributed by atoms with Crippen molar-refractivity contribution in [3.63, 3.8) is 0 Å². The minimum Gasteiger partial charge on any atom is -0.494 e. The highest BCUT2D eigenvalue weighted by Crippen LogP contribution is 2.33. The smallest absolute Gasteiger partial charge is 0.266 e. The van der Waals surface area contributed by atoms with Crippen LogP contribution in [0.2, 0.25) is 0 Å². The maximum atomic E-state index is 12.7. The van der Waals surface area contributed by atoms with E-state index in [1.807, 2.05) is 43.3 Å². The van der Waals surface area contributed by atoms with Gasteiger partial charge in [0, 0.05) is 29.5 Å². The standard InChI is InChI=1S/C21H24BrN3O4/c1-14-21(20(27)25-23,13-15-3-7-17(22)8-4-15)24-19(29-14)16-5-9-18(10-6-16)28-12-2-11-26/h3-10,14,26H,2,11-13,23H2,1H3,(H,25,27)/t14-,21-/m0/s1. The first-order valence-electron chi connectivity index (χ1n) is 9.34. The van der Waals surface area contributed by atoms with E-state index in [0.717, 1.165) is 15.6 Å². The molecular formula is C21H24BrN3O4. The first-order chi connectivity index (χ1) is 14.0. The van der Waals surface area contributed by atoms with Crippen LogP contribution in [-0.4, -0.2) is 41.8 Å². The second kappa shape index (κ2) is 9.39. The molecule has 7 nitrogen and oxygen atoms in total. The van der Waals surface area contributed by atoms with E-state index in [0.29, 0.717) is 31.1 Å². The summed E-state index contributed by atoms with van der Waals surface area (Å²) in [5, 5.41) is 8.83.